The van der Waals surface area contributed by atoms with Crippen molar-refractivity contribution in [1.82, 2.24) is 19.7 Å². The molecule has 1 aromatic carbocycles. The van der Waals surface area contributed by atoms with Gasteiger partial charge in [0.2, 0.25) is 16.0 Å². The fourth-order valence-corrected chi connectivity index (χ4v) is 8.14. The maximum Gasteiger partial charge on any atom is 0.224 e. The lowest BCUT2D eigenvalue weighted by atomic mass is 10.0. The van der Waals surface area contributed by atoms with E-state index in [-0.39, 0.29) is 18.6 Å². The van der Waals surface area contributed by atoms with Crippen molar-refractivity contribution in [2.45, 2.75) is 62.9 Å². The van der Waals surface area contributed by atoms with E-state index in [1.54, 1.807) is 11.3 Å². The molecule has 3 N–H and O–H groups in total. The first-order chi connectivity index (χ1) is 19.0. The quantitative estimate of drug-likeness (QED) is 0.317. The summed E-state index contributed by atoms with van der Waals surface area (Å²) in [4.78, 5) is 14.7. The number of rotatable bonds is 9. The summed E-state index contributed by atoms with van der Waals surface area (Å²) in [5, 5.41) is 10.5. The van der Waals surface area contributed by atoms with Crippen molar-refractivity contribution < 1.29 is 17.9 Å². The summed E-state index contributed by atoms with van der Waals surface area (Å²) < 4.78 is 40.4. The summed E-state index contributed by atoms with van der Waals surface area (Å²) in [5.41, 5.74) is 1.66. The third-order valence-electron chi connectivity index (χ3n) is 7.40. The van der Waals surface area contributed by atoms with Crippen molar-refractivity contribution in [3.63, 3.8) is 0 Å². The van der Waals surface area contributed by atoms with Gasteiger partial charge < -0.3 is 20.1 Å². The zero-order chi connectivity index (χ0) is 28.1. The largest absolute Gasteiger partial charge is 0.353 e. The molecule has 4 unspecified atom stereocenters. The van der Waals surface area contributed by atoms with Gasteiger partial charge in [-0.3, -0.25) is 0 Å². The molecule has 2 fully saturated rings. The Hall–Kier alpha value is -2.29. The molecule has 4 atom stereocenters. The molecule has 10 nitrogen and oxygen atoms in total. The number of nitrogens with zero attached hydrogens (tertiary/aromatic N) is 3. The van der Waals surface area contributed by atoms with Crippen LogP contribution < -0.4 is 15.4 Å². The summed E-state index contributed by atoms with van der Waals surface area (Å²) in [6.07, 6.45) is 5.35. The van der Waals surface area contributed by atoms with E-state index in [1.807, 2.05) is 50.7 Å². The predicted octanol–water partition coefficient (Wildman–Crippen LogP) is 4.71. The summed E-state index contributed by atoms with van der Waals surface area (Å²) in [5.74, 6) is 0.237. The highest BCUT2D eigenvalue weighted by molar-refractivity contribution is 8.03. The number of ether oxygens (including phenoxy) is 2. The number of aromatic nitrogens is 3. The van der Waals surface area contributed by atoms with Crippen LogP contribution in [0.1, 0.15) is 38.8 Å². The zero-order valence-electron chi connectivity index (χ0n) is 22.9. The van der Waals surface area contributed by atoms with Crippen molar-refractivity contribution >= 4 is 55.1 Å². The molecule has 2 aromatic heterocycles. The Bertz CT molecular complexity index is 1520. The number of aryl methyl sites for hydroxylation is 1. The monoisotopic (exact) mass is 602 g/mol. The fourth-order valence-electron chi connectivity index (χ4n) is 5.71. The zero-order valence-corrected chi connectivity index (χ0v) is 25.4. The number of fused-ring (bicyclic) bond motifs is 2. The predicted molar refractivity (Wildman–Crippen MR) is 161 cm³/mol. The number of hydrogen-bond acceptors (Lipinski definition) is 11. The molecule has 13 heteroatoms. The topological polar surface area (TPSA) is 127 Å². The second kappa shape index (κ2) is 10.5. The minimum Gasteiger partial charge on any atom is -0.353 e. The molecule has 2 aliphatic heterocycles. The van der Waals surface area contributed by atoms with Crippen LogP contribution >= 0.6 is 23.1 Å². The number of para-hydroxylation sites is 1. The molecule has 6 rings (SSSR count). The molecule has 214 valence electrons. The van der Waals surface area contributed by atoms with Crippen molar-refractivity contribution in [3.8, 4) is 10.6 Å². The van der Waals surface area contributed by atoms with E-state index in [4.69, 9.17) is 24.4 Å². The standard InChI is InChI=1S/C27H34N6O4S3/c1-16-21(24-31-19-9-5-6-10-20(19)39-24)23(32-25(30-16)28-15-18-8-7-13-38-18)33-27-12-11-17(14-29-40(4,34)35)22(27)36-26(2,3)37-27/h5-7,9-10,13,17-18,22,29H,8,11-12,14-15H2,1-4H3,(H2,28,30,32,33). The van der Waals surface area contributed by atoms with Gasteiger partial charge in [0.25, 0.3) is 0 Å². The Morgan fingerprint density at radius 1 is 1.15 bits per heavy atom. The van der Waals surface area contributed by atoms with Crippen molar-refractivity contribution in [3.05, 3.63) is 41.4 Å². The van der Waals surface area contributed by atoms with E-state index in [0.717, 1.165) is 45.9 Å². The summed E-state index contributed by atoms with van der Waals surface area (Å²) in [6.45, 7) is 6.77. The third kappa shape index (κ3) is 5.72. The SMILES string of the molecule is Cc1nc(NCC2CC=CS2)nc(NC23CCC(CNS(C)(=O)=O)C2OC(C)(C)O3)c1-c1nc2ccccc2s1. The van der Waals surface area contributed by atoms with Crippen LogP contribution in [0.3, 0.4) is 0 Å². The number of anilines is 2. The molecule has 1 saturated carbocycles. The van der Waals surface area contributed by atoms with Gasteiger partial charge in [0, 0.05) is 24.3 Å². The van der Waals surface area contributed by atoms with Crippen LogP contribution in [-0.4, -0.2) is 65.6 Å². The average molecular weight is 603 g/mol. The molecule has 3 aliphatic rings. The molecular formula is C27H34N6O4S3. The first-order valence-corrected chi connectivity index (χ1v) is 17.1. The van der Waals surface area contributed by atoms with Crippen LogP contribution in [0, 0.1) is 12.8 Å². The van der Waals surface area contributed by atoms with Gasteiger partial charge in [-0.1, -0.05) is 18.2 Å². The average Bonchev–Trinajstić information content (AvgIpc) is 3.64. The highest BCUT2D eigenvalue weighted by Gasteiger charge is 2.60. The lowest BCUT2D eigenvalue weighted by Gasteiger charge is -2.31. The molecule has 1 saturated heterocycles. The molecule has 0 amide bonds. The summed E-state index contributed by atoms with van der Waals surface area (Å²) >= 11 is 3.41. The van der Waals surface area contributed by atoms with Gasteiger partial charge in [-0.15, -0.1) is 23.1 Å². The molecule has 4 heterocycles. The van der Waals surface area contributed by atoms with Gasteiger partial charge in [0.05, 0.1) is 27.7 Å². The van der Waals surface area contributed by atoms with Gasteiger partial charge >= 0.3 is 0 Å². The highest BCUT2D eigenvalue weighted by Crippen LogP contribution is 2.50. The first kappa shape index (κ1) is 27.9. The maximum absolute atomic E-state index is 11.9. The van der Waals surface area contributed by atoms with Crippen LogP contribution in [0.25, 0.3) is 20.8 Å². The lowest BCUT2D eigenvalue weighted by Crippen LogP contribution is -2.47. The number of benzene rings is 1. The number of allylic oxidation sites excluding steroid dienone is 1. The molecule has 3 aromatic rings. The van der Waals surface area contributed by atoms with Crippen molar-refractivity contribution in [2.75, 3.05) is 30.0 Å². The van der Waals surface area contributed by atoms with Crippen LogP contribution in [0.15, 0.2) is 35.7 Å². The Labute approximate surface area is 242 Å². The highest BCUT2D eigenvalue weighted by atomic mass is 32.2. The molecule has 1 aliphatic carbocycles. The van der Waals surface area contributed by atoms with Crippen LogP contribution in [0.2, 0.25) is 0 Å². The van der Waals surface area contributed by atoms with E-state index >= 15 is 0 Å². The van der Waals surface area contributed by atoms with Gasteiger partial charge in [-0.05, 0) is 57.6 Å². The Kier molecular flexibility index (Phi) is 7.33. The second-order valence-electron chi connectivity index (χ2n) is 11.1. The Morgan fingerprint density at radius 3 is 2.73 bits per heavy atom. The van der Waals surface area contributed by atoms with E-state index in [9.17, 15) is 8.42 Å². The van der Waals surface area contributed by atoms with Gasteiger partial charge in [-0.2, -0.15) is 4.98 Å². The first-order valence-electron chi connectivity index (χ1n) is 13.4. The molecule has 40 heavy (non-hydrogen) atoms. The Morgan fingerprint density at radius 2 is 1.98 bits per heavy atom. The molecule has 0 bridgehead atoms. The van der Waals surface area contributed by atoms with Crippen molar-refractivity contribution in [1.29, 1.82) is 0 Å². The van der Waals surface area contributed by atoms with E-state index in [0.29, 0.717) is 23.4 Å². The number of thioether (sulfide) groups is 1. The van der Waals surface area contributed by atoms with E-state index < -0.39 is 21.5 Å². The Balaban J connectivity index is 1.37. The lowest BCUT2D eigenvalue weighted by molar-refractivity contribution is -0.166. The minimum atomic E-state index is -3.34. The van der Waals surface area contributed by atoms with Gasteiger partial charge in [0.1, 0.15) is 16.9 Å². The normalized spacial score (nSPS) is 27.4. The number of hydrogen-bond donors (Lipinski definition) is 3. The minimum absolute atomic E-state index is 0.0673. The smallest absolute Gasteiger partial charge is 0.224 e. The summed E-state index contributed by atoms with van der Waals surface area (Å²) in [7, 11) is -3.34. The van der Waals surface area contributed by atoms with Crippen LogP contribution in [0.4, 0.5) is 11.8 Å². The van der Waals surface area contributed by atoms with E-state index in [1.165, 1.54) is 6.26 Å². The number of sulfonamides is 1. The van der Waals surface area contributed by atoms with Gasteiger partial charge in [0.15, 0.2) is 11.5 Å². The van der Waals surface area contributed by atoms with Crippen LogP contribution in [-0.2, 0) is 19.5 Å². The number of nitrogens with one attached hydrogen (secondary N) is 3. The van der Waals surface area contributed by atoms with Crippen molar-refractivity contribution in [2.24, 2.45) is 5.92 Å². The maximum atomic E-state index is 11.9. The number of thiazole rings is 1. The molecule has 0 spiro atoms. The second-order valence-corrected chi connectivity index (χ2v) is 15.1. The van der Waals surface area contributed by atoms with Crippen LogP contribution in [0.5, 0.6) is 0 Å². The fraction of sp³-hybridized carbons (Fsp3) is 0.519. The molecular weight excluding hydrogens is 569 g/mol. The van der Waals surface area contributed by atoms with Gasteiger partial charge in [-0.25, -0.2) is 23.1 Å². The molecule has 0 radical (unpaired) electrons. The summed E-state index contributed by atoms with van der Waals surface area (Å²) in [6, 6.07) is 8.05. The third-order valence-corrected chi connectivity index (χ3v) is 10.2. The van der Waals surface area contributed by atoms with E-state index in [2.05, 4.69) is 32.9 Å².